The number of anilines is 1. The summed E-state index contributed by atoms with van der Waals surface area (Å²) in [6, 6.07) is 15.2. The Labute approximate surface area is 211 Å². The molecule has 0 fully saturated rings. The van der Waals surface area contributed by atoms with Gasteiger partial charge in [-0.1, -0.05) is 18.2 Å². The molecule has 1 heterocycles. The number of aromatic nitrogens is 1. The van der Waals surface area contributed by atoms with Crippen LogP contribution in [0.4, 0.5) is 18.9 Å². The molecule has 37 heavy (non-hydrogen) atoms. The van der Waals surface area contributed by atoms with E-state index in [4.69, 9.17) is 5.26 Å². The Kier molecular flexibility index (Phi) is 8.08. The van der Waals surface area contributed by atoms with E-state index in [2.05, 4.69) is 5.32 Å². The summed E-state index contributed by atoms with van der Waals surface area (Å²) in [5.74, 6) is -0.721. The van der Waals surface area contributed by atoms with Crippen LogP contribution in [0.2, 0.25) is 0 Å². The van der Waals surface area contributed by atoms with Crippen molar-refractivity contribution in [1.82, 2.24) is 9.88 Å². The van der Waals surface area contributed by atoms with Crippen molar-refractivity contribution < 1.29 is 26.4 Å². The topological polar surface area (TPSA) is 112 Å². The van der Waals surface area contributed by atoms with Crippen molar-refractivity contribution in [3.63, 3.8) is 0 Å². The fourth-order valence-electron chi connectivity index (χ4n) is 3.64. The lowest BCUT2D eigenvalue weighted by molar-refractivity contribution is -0.137. The van der Waals surface area contributed by atoms with Gasteiger partial charge in [-0.3, -0.25) is 18.5 Å². The van der Waals surface area contributed by atoms with Crippen molar-refractivity contribution in [2.45, 2.75) is 26.1 Å². The number of halogens is 3. The van der Waals surface area contributed by atoms with E-state index in [1.54, 1.807) is 19.1 Å². The highest BCUT2D eigenvalue weighted by atomic mass is 32.2. The quantitative estimate of drug-likeness (QED) is 0.475. The number of nitrogens with one attached hydrogen (secondary N) is 1. The summed E-state index contributed by atoms with van der Waals surface area (Å²) in [5.41, 5.74) is -0.645. The molecule has 8 nitrogen and oxygen atoms in total. The minimum Gasteiger partial charge on any atom is -0.348 e. The summed E-state index contributed by atoms with van der Waals surface area (Å²) in [6.07, 6.45) is -3.54. The molecule has 194 valence electrons. The molecule has 0 saturated carbocycles. The number of sulfonamides is 1. The number of nitriles is 1. The highest BCUT2D eigenvalue weighted by Gasteiger charge is 2.30. The van der Waals surface area contributed by atoms with Crippen molar-refractivity contribution in [3.8, 4) is 11.8 Å². The fourth-order valence-corrected chi connectivity index (χ4v) is 4.57. The van der Waals surface area contributed by atoms with Crippen LogP contribution in [0, 0.1) is 18.3 Å². The van der Waals surface area contributed by atoms with Gasteiger partial charge in [0.1, 0.15) is 5.56 Å². The van der Waals surface area contributed by atoms with Gasteiger partial charge in [0.05, 0.1) is 30.0 Å². The Bertz CT molecular complexity index is 1510. The van der Waals surface area contributed by atoms with Crippen LogP contribution in [-0.2, 0) is 22.7 Å². The maximum atomic E-state index is 13.1. The van der Waals surface area contributed by atoms with E-state index >= 15 is 0 Å². The van der Waals surface area contributed by atoms with Crippen molar-refractivity contribution in [2.24, 2.45) is 0 Å². The molecule has 0 atom stereocenters. The van der Waals surface area contributed by atoms with Crippen LogP contribution in [0.1, 0.15) is 33.6 Å². The van der Waals surface area contributed by atoms with Gasteiger partial charge in [-0.25, -0.2) is 8.42 Å². The molecule has 12 heteroatoms. The minimum atomic E-state index is -4.59. The Balaban J connectivity index is 1.80. The summed E-state index contributed by atoms with van der Waals surface area (Å²) in [4.78, 5) is 25.8. The largest absolute Gasteiger partial charge is 0.416 e. The number of amides is 1. The molecule has 1 N–H and O–H groups in total. The number of rotatable bonds is 8. The summed E-state index contributed by atoms with van der Waals surface area (Å²) < 4.78 is 65.6. The fraction of sp³-hybridized carbons (Fsp3) is 0.240. The lowest BCUT2D eigenvalue weighted by Crippen LogP contribution is -2.33. The van der Waals surface area contributed by atoms with Gasteiger partial charge in [-0.05, 0) is 55.0 Å². The smallest absolute Gasteiger partial charge is 0.348 e. The Hall–Kier alpha value is -4.11. The van der Waals surface area contributed by atoms with Crippen LogP contribution in [-0.4, -0.2) is 31.7 Å². The maximum Gasteiger partial charge on any atom is 0.416 e. The van der Waals surface area contributed by atoms with E-state index in [0.717, 1.165) is 27.3 Å². The second kappa shape index (κ2) is 10.9. The van der Waals surface area contributed by atoms with Crippen molar-refractivity contribution in [3.05, 3.63) is 93.4 Å². The lowest BCUT2D eigenvalue weighted by atomic mass is 10.1. The van der Waals surface area contributed by atoms with Crippen LogP contribution in [0.3, 0.4) is 0 Å². The molecule has 0 unspecified atom stereocenters. The normalized spacial score (nSPS) is 11.6. The highest BCUT2D eigenvalue weighted by molar-refractivity contribution is 7.92. The van der Waals surface area contributed by atoms with E-state index in [9.17, 15) is 31.2 Å². The van der Waals surface area contributed by atoms with Gasteiger partial charge >= 0.3 is 6.18 Å². The standard InChI is InChI=1S/C25H23F3N4O4S/c1-17-7-12-22(24(34)32(17)21-6-3-5-19(15-21)25(26,27)28)23(33)30-16-18-8-10-20(11-9-18)31(14-4-13-29)37(2,35)36/h3,5-12,15H,4,14,16H2,1-2H3,(H,30,33). The van der Waals surface area contributed by atoms with Crippen LogP contribution in [0.5, 0.6) is 0 Å². The number of nitrogens with zero attached hydrogens (tertiary/aromatic N) is 3. The average Bonchev–Trinajstić information content (AvgIpc) is 2.82. The second-order valence-corrected chi connectivity index (χ2v) is 10.1. The third-order valence-corrected chi connectivity index (χ3v) is 6.65. The molecule has 0 aliphatic heterocycles. The van der Waals surface area contributed by atoms with Gasteiger partial charge in [0.2, 0.25) is 10.0 Å². The number of hydrogen-bond donors (Lipinski definition) is 1. The number of alkyl halides is 3. The average molecular weight is 533 g/mol. The van der Waals surface area contributed by atoms with E-state index < -0.39 is 33.2 Å². The van der Waals surface area contributed by atoms with Gasteiger partial charge in [0, 0.05) is 24.5 Å². The molecule has 0 spiro atoms. The van der Waals surface area contributed by atoms with Crippen LogP contribution < -0.4 is 15.2 Å². The molecule has 3 aromatic rings. The van der Waals surface area contributed by atoms with E-state index in [1.165, 1.54) is 36.4 Å². The Morgan fingerprint density at radius 1 is 1.11 bits per heavy atom. The van der Waals surface area contributed by atoms with Gasteiger partial charge in [-0.15, -0.1) is 0 Å². The van der Waals surface area contributed by atoms with Crippen LogP contribution in [0.15, 0.2) is 65.5 Å². The molecular formula is C25H23F3N4O4S. The first-order valence-corrected chi connectivity index (χ1v) is 12.8. The molecule has 3 rings (SSSR count). The first-order valence-electron chi connectivity index (χ1n) is 10.9. The van der Waals surface area contributed by atoms with Crippen LogP contribution >= 0.6 is 0 Å². The van der Waals surface area contributed by atoms with Crippen LogP contribution in [0.25, 0.3) is 5.69 Å². The predicted molar refractivity (Wildman–Crippen MR) is 132 cm³/mol. The third kappa shape index (κ3) is 6.56. The van der Waals surface area contributed by atoms with Crippen molar-refractivity contribution in [2.75, 3.05) is 17.1 Å². The summed E-state index contributed by atoms with van der Waals surface area (Å²) in [5, 5.41) is 11.4. The number of aryl methyl sites for hydroxylation is 1. The molecular weight excluding hydrogens is 509 g/mol. The van der Waals surface area contributed by atoms with Crippen molar-refractivity contribution >= 4 is 21.6 Å². The molecule has 2 aromatic carbocycles. The summed E-state index contributed by atoms with van der Waals surface area (Å²) in [6.45, 7) is 1.55. The molecule has 0 radical (unpaired) electrons. The first-order chi connectivity index (χ1) is 17.3. The van der Waals surface area contributed by atoms with Gasteiger partial charge in [-0.2, -0.15) is 18.4 Å². The number of hydrogen-bond acceptors (Lipinski definition) is 5. The molecule has 1 amide bonds. The maximum absolute atomic E-state index is 13.1. The van der Waals surface area contributed by atoms with E-state index in [0.29, 0.717) is 16.9 Å². The SMILES string of the molecule is Cc1ccc(C(=O)NCc2ccc(N(CCC#N)S(C)(=O)=O)cc2)c(=O)n1-c1cccc(C(F)(F)F)c1. The third-order valence-electron chi connectivity index (χ3n) is 5.46. The van der Waals surface area contributed by atoms with E-state index in [-0.39, 0.29) is 30.8 Å². The van der Waals surface area contributed by atoms with Gasteiger partial charge in [0.25, 0.3) is 11.5 Å². The zero-order chi connectivity index (χ0) is 27.4. The van der Waals surface area contributed by atoms with Gasteiger partial charge in [0.15, 0.2) is 0 Å². The summed E-state index contributed by atoms with van der Waals surface area (Å²) in [7, 11) is -3.60. The molecule has 0 saturated heterocycles. The van der Waals surface area contributed by atoms with Crippen molar-refractivity contribution in [1.29, 1.82) is 5.26 Å². The number of pyridine rings is 1. The minimum absolute atomic E-state index is 0.00298. The summed E-state index contributed by atoms with van der Waals surface area (Å²) >= 11 is 0. The monoisotopic (exact) mass is 532 g/mol. The Morgan fingerprint density at radius 2 is 1.78 bits per heavy atom. The zero-order valence-electron chi connectivity index (χ0n) is 19.9. The predicted octanol–water partition coefficient (Wildman–Crippen LogP) is 3.77. The first kappa shape index (κ1) is 27.5. The molecule has 0 aliphatic carbocycles. The molecule has 1 aromatic heterocycles. The highest BCUT2D eigenvalue weighted by Crippen LogP contribution is 2.30. The molecule has 0 bridgehead atoms. The van der Waals surface area contributed by atoms with Gasteiger partial charge < -0.3 is 5.32 Å². The number of carbonyl (C=O) groups is 1. The number of carbonyl (C=O) groups excluding carboxylic acids is 1. The lowest BCUT2D eigenvalue weighted by Gasteiger charge is -2.21. The zero-order valence-corrected chi connectivity index (χ0v) is 20.7. The number of benzene rings is 2. The van der Waals surface area contributed by atoms with E-state index in [1.807, 2.05) is 6.07 Å². The molecule has 0 aliphatic rings. The second-order valence-electron chi connectivity index (χ2n) is 8.17. The Morgan fingerprint density at radius 3 is 2.38 bits per heavy atom.